The van der Waals surface area contributed by atoms with Gasteiger partial charge in [0.1, 0.15) is 0 Å². The second-order valence-electron chi connectivity index (χ2n) is 6.51. The van der Waals surface area contributed by atoms with E-state index in [0.29, 0.717) is 0 Å². The predicted octanol–water partition coefficient (Wildman–Crippen LogP) is 4.54. The highest BCUT2D eigenvalue weighted by molar-refractivity contribution is 7.20. The number of amides is 1. The van der Waals surface area contributed by atoms with Gasteiger partial charge in [-0.3, -0.25) is 9.69 Å². The molecule has 0 atom stereocenters. The molecule has 4 nitrogen and oxygen atoms in total. The molecule has 0 spiro atoms. The lowest BCUT2D eigenvalue weighted by molar-refractivity contribution is 0.0638. The van der Waals surface area contributed by atoms with Gasteiger partial charge in [0.15, 0.2) is 0 Å². The SMILES string of the molecule is O=C(c1ccc2[nH]ccc2c1)N1CCN(CCc2cc(Cl)sc2Cl)CC1. The van der Waals surface area contributed by atoms with Crippen LogP contribution in [0, 0.1) is 0 Å². The Labute approximate surface area is 166 Å². The zero-order valence-corrected chi connectivity index (χ0v) is 16.5. The summed E-state index contributed by atoms with van der Waals surface area (Å²) in [6.07, 6.45) is 2.78. The van der Waals surface area contributed by atoms with E-state index in [9.17, 15) is 4.79 Å². The van der Waals surface area contributed by atoms with Crippen molar-refractivity contribution in [1.82, 2.24) is 14.8 Å². The molecular weight excluding hydrogens is 389 g/mol. The van der Waals surface area contributed by atoms with Crippen LogP contribution < -0.4 is 0 Å². The molecule has 3 heterocycles. The molecule has 136 valence electrons. The number of carbonyl (C=O) groups excluding carboxylic acids is 1. The van der Waals surface area contributed by atoms with Gasteiger partial charge in [0.05, 0.1) is 8.67 Å². The number of benzene rings is 1. The largest absolute Gasteiger partial charge is 0.361 e. The van der Waals surface area contributed by atoms with Crippen molar-refractivity contribution in [3.05, 3.63) is 56.3 Å². The maximum absolute atomic E-state index is 12.8. The van der Waals surface area contributed by atoms with Crippen molar-refractivity contribution >= 4 is 51.3 Å². The first-order valence-electron chi connectivity index (χ1n) is 8.62. The Morgan fingerprint density at radius 1 is 1.12 bits per heavy atom. The van der Waals surface area contributed by atoms with Gasteiger partial charge < -0.3 is 9.88 Å². The summed E-state index contributed by atoms with van der Waals surface area (Å²) in [6.45, 7) is 4.20. The number of piperazine rings is 1. The van der Waals surface area contributed by atoms with E-state index in [-0.39, 0.29) is 5.91 Å². The predicted molar refractivity (Wildman–Crippen MR) is 109 cm³/mol. The van der Waals surface area contributed by atoms with Crippen molar-refractivity contribution in [2.75, 3.05) is 32.7 Å². The van der Waals surface area contributed by atoms with Crippen LogP contribution in [0.1, 0.15) is 15.9 Å². The van der Waals surface area contributed by atoms with Gasteiger partial charge >= 0.3 is 0 Å². The lowest BCUT2D eigenvalue weighted by Gasteiger charge is -2.34. The number of hydrogen-bond donors (Lipinski definition) is 1. The van der Waals surface area contributed by atoms with Gasteiger partial charge in [-0.05, 0) is 42.3 Å². The fourth-order valence-electron chi connectivity index (χ4n) is 3.37. The van der Waals surface area contributed by atoms with Crippen LogP contribution in [-0.2, 0) is 6.42 Å². The number of hydrogen-bond acceptors (Lipinski definition) is 3. The summed E-state index contributed by atoms with van der Waals surface area (Å²) in [7, 11) is 0. The van der Waals surface area contributed by atoms with Crippen molar-refractivity contribution in [2.45, 2.75) is 6.42 Å². The van der Waals surface area contributed by atoms with Crippen molar-refractivity contribution in [3.63, 3.8) is 0 Å². The Balaban J connectivity index is 1.32. The van der Waals surface area contributed by atoms with E-state index in [4.69, 9.17) is 23.2 Å². The van der Waals surface area contributed by atoms with Crippen LogP contribution in [0.25, 0.3) is 10.9 Å². The summed E-state index contributed by atoms with van der Waals surface area (Å²) < 4.78 is 1.52. The van der Waals surface area contributed by atoms with E-state index < -0.39 is 0 Å². The first kappa shape index (κ1) is 17.9. The highest BCUT2D eigenvalue weighted by Gasteiger charge is 2.22. The van der Waals surface area contributed by atoms with Gasteiger partial charge in [0.2, 0.25) is 0 Å². The van der Waals surface area contributed by atoms with Crippen LogP contribution in [0.3, 0.4) is 0 Å². The maximum Gasteiger partial charge on any atom is 0.253 e. The van der Waals surface area contributed by atoms with Crippen LogP contribution in [0.15, 0.2) is 36.5 Å². The normalized spacial score (nSPS) is 15.7. The van der Waals surface area contributed by atoms with Crippen LogP contribution in [0.5, 0.6) is 0 Å². The number of aromatic nitrogens is 1. The minimum atomic E-state index is 0.111. The number of carbonyl (C=O) groups is 1. The average Bonchev–Trinajstić information content (AvgIpc) is 3.24. The lowest BCUT2D eigenvalue weighted by Crippen LogP contribution is -2.49. The number of nitrogens with one attached hydrogen (secondary N) is 1. The van der Waals surface area contributed by atoms with Gasteiger partial charge in [0.25, 0.3) is 5.91 Å². The molecule has 0 bridgehead atoms. The van der Waals surface area contributed by atoms with E-state index in [0.717, 1.165) is 69.8 Å². The third kappa shape index (κ3) is 3.76. The van der Waals surface area contributed by atoms with E-state index in [1.54, 1.807) is 0 Å². The fraction of sp³-hybridized carbons (Fsp3) is 0.316. The Morgan fingerprint density at radius 2 is 1.92 bits per heavy atom. The molecule has 2 aromatic heterocycles. The molecule has 0 saturated carbocycles. The minimum absolute atomic E-state index is 0.111. The van der Waals surface area contributed by atoms with Gasteiger partial charge in [-0.2, -0.15) is 0 Å². The Morgan fingerprint density at radius 3 is 2.65 bits per heavy atom. The highest BCUT2D eigenvalue weighted by Crippen LogP contribution is 2.31. The summed E-state index contributed by atoms with van der Waals surface area (Å²) in [5.41, 5.74) is 2.92. The first-order valence-corrected chi connectivity index (χ1v) is 10.2. The standard InChI is InChI=1S/C19H19Cl2N3OS/c20-17-12-14(18(21)26-17)4-6-23-7-9-24(10-8-23)19(25)15-1-2-16-13(11-15)3-5-22-16/h1-3,5,11-12,22H,4,6-10H2. The molecule has 1 aliphatic heterocycles. The second kappa shape index (κ2) is 7.61. The van der Waals surface area contributed by atoms with Crippen molar-refractivity contribution in [3.8, 4) is 0 Å². The number of halogens is 2. The van der Waals surface area contributed by atoms with E-state index >= 15 is 0 Å². The quantitative estimate of drug-likeness (QED) is 0.689. The number of fused-ring (bicyclic) bond motifs is 1. The van der Waals surface area contributed by atoms with Gasteiger partial charge in [-0.1, -0.05) is 23.2 Å². The summed E-state index contributed by atoms with van der Waals surface area (Å²) in [5.74, 6) is 0.111. The monoisotopic (exact) mass is 407 g/mol. The van der Waals surface area contributed by atoms with Crippen molar-refractivity contribution < 1.29 is 4.79 Å². The molecule has 1 fully saturated rings. The zero-order chi connectivity index (χ0) is 18.1. The van der Waals surface area contributed by atoms with Crippen LogP contribution >= 0.6 is 34.5 Å². The molecule has 0 aliphatic carbocycles. The number of thiophene rings is 1. The van der Waals surface area contributed by atoms with E-state index in [1.165, 1.54) is 11.3 Å². The summed E-state index contributed by atoms with van der Waals surface area (Å²) in [4.78, 5) is 20.2. The van der Waals surface area contributed by atoms with Crippen LogP contribution in [0.2, 0.25) is 8.67 Å². The van der Waals surface area contributed by atoms with Gasteiger partial charge in [-0.15, -0.1) is 11.3 Å². The first-order chi connectivity index (χ1) is 12.6. The molecule has 1 aliphatic rings. The molecular formula is C19H19Cl2N3OS. The maximum atomic E-state index is 12.8. The molecule has 7 heteroatoms. The number of rotatable bonds is 4. The topological polar surface area (TPSA) is 39.3 Å². The van der Waals surface area contributed by atoms with E-state index in [2.05, 4.69) is 9.88 Å². The van der Waals surface area contributed by atoms with Crippen molar-refractivity contribution in [1.29, 1.82) is 0 Å². The smallest absolute Gasteiger partial charge is 0.253 e. The van der Waals surface area contributed by atoms with Crippen LogP contribution in [0.4, 0.5) is 0 Å². The van der Waals surface area contributed by atoms with Crippen molar-refractivity contribution in [2.24, 2.45) is 0 Å². The zero-order valence-electron chi connectivity index (χ0n) is 14.2. The summed E-state index contributed by atoms with van der Waals surface area (Å²) in [5, 5.41) is 1.07. The number of aromatic amines is 1. The van der Waals surface area contributed by atoms with Gasteiger partial charge in [0, 0.05) is 55.4 Å². The molecule has 1 saturated heterocycles. The lowest BCUT2D eigenvalue weighted by atomic mass is 10.1. The van der Waals surface area contributed by atoms with Gasteiger partial charge in [-0.25, -0.2) is 0 Å². The molecule has 26 heavy (non-hydrogen) atoms. The Hall–Kier alpha value is -1.53. The highest BCUT2D eigenvalue weighted by atomic mass is 35.5. The summed E-state index contributed by atoms with van der Waals surface area (Å²) >= 11 is 13.6. The Bertz CT molecular complexity index is 928. The van der Waals surface area contributed by atoms with E-state index in [1.807, 2.05) is 41.4 Å². The Kier molecular flexibility index (Phi) is 5.23. The third-order valence-electron chi connectivity index (χ3n) is 4.88. The average molecular weight is 408 g/mol. The number of nitrogens with zero attached hydrogens (tertiary/aromatic N) is 2. The molecule has 3 aromatic rings. The molecule has 4 rings (SSSR count). The third-order valence-corrected chi connectivity index (χ3v) is 6.45. The minimum Gasteiger partial charge on any atom is -0.361 e. The molecule has 1 aromatic carbocycles. The molecule has 1 N–H and O–H groups in total. The molecule has 0 radical (unpaired) electrons. The fourth-order valence-corrected chi connectivity index (χ4v) is 4.91. The molecule has 1 amide bonds. The number of H-pyrrole nitrogens is 1. The second-order valence-corrected chi connectivity index (χ2v) is 8.80. The van der Waals surface area contributed by atoms with Crippen LogP contribution in [-0.4, -0.2) is 53.4 Å². The molecule has 0 unspecified atom stereocenters. The summed E-state index contributed by atoms with van der Waals surface area (Å²) in [6, 6.07) is 9.77.